The minimum Gasteiger partial charge on any atom is -0.369 e. The normalized spacial score (nSPS) is 10.7. The molecule has 3 aromatic carbocycles. The van der Waals surface area contributed by atoms with Gasteiger partial charge in [0.05, 0.1) is 0 Å². The molecule has 0 aliphatic carbocycles. The molecule has 26 heavy (non-hydrogen) atoms. The van der Waals surface area contributed by atoms with E-state index in [1.54, 1.807) is 0 Å². The summed E-state index contributed by atoms with van der Waals surface area (Å²) in [6.07, 6.45) is 0. The zero-order chi connectivity index (χ0) is 18.7. The first-order chi connectivity index (χ1) is 12.5. The summed E-state index contributed by atoms with van der Waals surface area (Å²) in [6, 6.07) is 23.1. The van der Waals surface area contributed by atoms with Gasteiger partial charge in [-0.05, 0) is 40.3 Å². The number of amides is 2. The maximum absolute atomic E-state index is 12.1. The molecule has 3 aromatic rings. The van der Waals surface area contributed by atoms with Gasteiger partial charge in [0.25, 0.3) is 0 Å². The molecule has 0 bridgehead atoms. The van der Waals surface area contributed by atoms with Crippen LogP contribution in [0.2, 0.25) is 0 Å². The fourth-order valence-corrected chi connectivity index (χ4v) is 3.25. The Balaban J connectivity index is 2.40. The third-order valence-corrected chi connectivity index (χ3v) is 4.35. The third kappa shape index (κ3) is 3.35. The van der Waals surface area contributed by atoms with E-state index in [4.69, 9.17) is 11.5 Å². The Hall–Kier alpha value is -3.40. The molecule has 0 aliphatic heterocycles. The van der Waals surface area contributed by atoms with Gasteiger partial charge in [0, 0.05) is 0 Å². The van der Waals surface area contributed by atoms with E-state index in [2.05, 4.69) is 0 Å². The number of hydrogen-bond acceptors (Lipinski definition) is 2. The van der Waals surface area contributed by atoms with Crippen molar-refractivity contribution in [1.82, 2.24) is 0 Å². The van der Waals surface area contributed by atoms with E-state index < -0.39 is 17.7 Å². The highest BCUT2D eigenvalue weighted by Crippen LogP contribution is 2.38. The van der Waals surface area contributed by atoms with Crippen LogP contribution in [-0.4, -0.2) is 11.8 Å². The number of benzene rings is 3. The second kappa shape index (κ2) is 7.23. The van der Waals surface area contributed by atoms with E-state index in [0.717, 1.165) is 27.8 Å². The highest BCUT2D eigenvalue weighted by atomic mass is 16.2. The molecule has 4 nitrogen and oxygen atoms in total. The molecule has 4 N–H and O–H groups in total. The van der Waals surface area contributed by atoms with Crippen molar-refractivity contribution in [3.8, 4) is 22.3 Å². The second-order valence-electron chi connectivity index (χ2n) is 6.24. The Labute approximate surface area is 152 Å². The molecule has 0 unspecified atom stereocenters. The van der Waals surface area contributed by atoms with Crippen molar-refractivity contribution < 1.29 is 9.59 Å². The quantitative estimate of drug-likeness (QED) is 0.695. The first-order valence-corrected chi connectivity index (χ1v) is 8.33. The van der Waals surface area contributed by atoms with Crippen molar-refractivity contribution in [2.75, 3.05) is 0 Å². The second-order valence-corrected chi connectivity index (χ2v) is 6.24. The zero-order valence-corrected chi connectivity index (χ0v) is 14.5. The molecule has 0 spiro atoms. The highest BCUT2D eigenvalue weighted by Gasteiger charge is 2.30. The van der Waals surface area contributed by atoms with E-state index in [1.807, 2.05) is 79.7 Å². The van der Waals surface area contributed by atoms with Gasteiger partial charge in [0.1, 0.15) is 5.92 Å². The maximum Gasteiger partial charge on any atom is 0.234 e. The Bertz CT molecular complexity index is 876. The predicted octanol–water partition coefficient (Wildman–Crippen LogP) is 3.38. The molecule has 0 saturated heterocycles. The SMILES string of the molecule is Cc1cc(-c2ccccc2)c(C(C(N)=O)C(N)=O)c(-c2ccccc2)c1. The standard InChI is InChI=1S/C22H20N2O2/c1-14-12-17(15-8-4-2-5-9-15)19(20(21(23)25)22(24)26)18(13-14)16-10-6-3-7-11-16/h2-13,20H,1H3,(H2,23,25)(H2,24,26). The minimum absolute atomic E-state index is 0.549. The molecule has 0 heterocycles. The number of primary amides is 2. The number of rotatable bonds is 5. The summed E-state index contributed by atoms with van der Waals surface area (Å²) in [5, 5.41) is 0. The van der Waals surface area contributed by atoms with Crippen LogP contribution in [0.4, 0.5) is 0 Å². The van der Waals surface area contributed by atoms with Gasteiger partial charge < -0.3 is 11.5 Å². The molecule has 0 fully saturated rings. The van der Waals surface area contributed by atoms with Crippen molar-refractivity contribution in [3.63, 3.8) is 0 Å². The number of carbonyl (C=O) groups is 2. The minimum atomic E-state index is -1.21. The van der Waals surface area contributed by atoms with E-state index in [-0.39, 0.29) is 0 Å². The first kappa shape index (κ1) is 17.4. The summed E-state index contributed by atoms with van der Waals surface area (Å²) in [6.45, 7) is 1.98. The van der Waals surface area contributed by atoms with E-state index in [9.17, 15) is 9.59 Å². The lowest BCUT2D eigenvalue weighted by Crippen LogP contribution is -2.33. The van der Waals surface area contributed by atoms with Gasteiger partial charge in [0.2, 0.25) is 11.8 Å². The van der Waals surface area contributed by atoms with Crippen molar-refractivity contribution >= 4 is 11.8 Å². The summed E-state index contributed by atoms with van der Waals surface area (Å²) < 4.78 is 0. The van der Waals surface area contributed by atoms with Crippen LogP contribution in [0.3, 0.4) is 0 Å². The number of aryl methyl sites for hydroxylation is 1. The van der Waals surface area contributed by atoms with Gasteiger partial charge in [0.15, 0.2) is 0 Å². The molecule has 4 heteroatoms. The van der Waals surface area contributed by atoms with Gasteiger partial charge >= 0.3 is 0 Å². The number of carbonyl (C=O) groups excluding carboxylic acids is 2. The van der Waals surface area contributed by atoms with Gasteiger partial charge in [-0.1, -0.05) is 72.8 Å². The third-order valence-electron chi connectivity index (χ3n) is 4.35. The Morgan fingerprint density at radius 3 is 1.46 bits per heavy atom. The Kier molecular flexibility index (Phi) is 4.85. The number of nitrogens with two attached hydrogens (primary N) is 2. The number of hydrogen-bond donors (Lipinski definition) is 2. The first-order valence-electron chi connectivity index (χ1n) is 8.33. The Morgan fingerprint density at radius 1 is 0.731 bits per heavy atom. The topological polar surface area (TPSA) is 86.2 Å². The summed E-state index contributed by atoms with van der Waals surface area (Å²) in [7, 11) is 0. The van der Waals surface area contributed by atoms with Crippen LogP contribution in [0.25, 0.3) is 22.3 Å². The van der Waals surface area contributed by atoms with Crippen LogP contribution in [0.15, 0.2) is 72.8 Å². The van der Waals surface area contributed by atoms with Crippen molar-refractivity contribution in [1.29, 1.82) is 0 Å². The van der Waals surface area contributed by atoms with Crippen molar-refractivity contribution in [2.24, 2.45) is 11.5 Å². The van der Waals surface area contributed by atoms with Gasteiger partial charge in [-0.25, -0.2) is 0 Å². The van der Waals surface area contributed by atoms with Crippen LogP contribution in [0.5, 0.6) is 0 Å². The molecule has 0 aromatic heterocycles. The van der Waals surface area contributed by atoms with Crippen LogP contribution in [-0.2, 0) is 9.59 Å². The van der Waals surface area contributed by atoms with Gasteiger partial charge in [-0.15, -0.1) is 0 Å². The summed E-state index contributed by atoms with van der Waals surface area (Å²) in [4.78, 5) is 24.2. The van der Waals surface area contributed by atoms with Gasteiger partial charge in [-0.2, -0.15) is 0 Å². The van der Waals surface area contributed by atoms with Crippen molar-refractivity contribution in [2.45, 2.75) is 12.8 Å². The molecule has 130 valence electrons. The van der Waals surface area contributed by atoms with Crippen molar-refractivity contribution in [3.05, 3.63) is 83.9 Å². The zero-order valence-electron chi connectivity index (χ0n) is 14.5. The lowest BCUT2D eigenvalue weighted by atomic mass is 9.82. The molecule has 0 radical (unpaired) electrons. The van der Waals surface area contributed by atoms with Gasteiger partial charge in [-0.3, -0.25) is 9.59 Å². The Morgan fingerprint density at radius 2 is 1.12 bits per heavy atom. The average molecular weight is 344 g/mol. The lowest BCUT2D eigenvalue weighted by molar-refractivity contribution is -0.128. The van der Waals surface area contributed by atoms with Crippen LogP contribution in [0.1, 0.15) is 17.0 Å². The molecule has 2 amide bonds. The van der Waals surface area contributed by atoms with Crippen LogP contribution >= 0.6 is 0 Å². The summed E-state index contributed by atoms with van der Waals surface area (Å²) in [5.74, 6) is -2.72. The van der Waals surface area contributed by atoms with E-state index >= 15 is 0 Å². The molecular weight excluding hydrogens is 324 g/mol. The van der Waals surface area contributed by atoms with E-state index in [1.165, 1.54) is 0 Å². The predicted molar refractivity (Wildman–Crippen MR) is 103 cm³/mol. The lowest BCUT2D eigenvalue weighted by Gasteiger charge is -2.21. The largest absolute Gasteiger partial charge is 0.369 e. The molecule has 0 aliphatic rings. The molecular formula is C22H20N2O2. The fourth-order valence-electron chi connectivity index (χ4n) is 3.25. The summed E-state index contributed by atoms with van der Waals surface area (Å²) >= 11 is 0. The summed E-state index contributed by atoms with van der Waals surface area (Å²) in [5.41, 5.74) is 16.1. The van der Waals surface area contributed by atoms with Crippen LogP contribution < -0.4 is 11.5 Å². The van der Waals surface area contributed by atoms with Crippen LogP contribution in [0, 0.1) is 6.92 Å². The monoisotopic (exact) mass is 344 g/mol. The van der Waals surface area contributed by atoms with E-state index in [0.29, 0.717) is 5.56 Å². The maximum atomic E-state index is 12.1. The smallest absolute Gasteiger partial charge is 0.234 e. The molecule has 3 rings (SSSR count). The highest BCUT2D eigenvalue weighted by molar-refractivity contribution is 6.07. The average Bonchev–Trinajstić information content (AvgIpc) is 2.63. The fraction of sp³-hybridized carbons (Fsp3) is 0.0909. The molecule has 0 atom stereocenters. The molecule has 0 saturated carbocycles.